The number of carbonyl (C=O) groups is 1. The van der Waals surface area contributed by atoms with Crippen molar-refractivity contribution >= 4 is 45.7 Å². The van der Waals surface area contributed by atoms with Crippen molar-refractivity contribution in [2.24, 2.45) is 0 Å². The number of aromatic nitrogens is 2. The van der Waals surface area contributed by atoms with E-state index in [4.69, 9.17) is 16.3 Å². The average molecular weight is 519 g/mol. The molecule has 0 amide bonds. The van der Waals surface area contributed by atoms with Crippen molar-refractivity contribution in [2.75, 3.05) is 13.2 Å². The lowest BCUT2D eigenvalue weighted by molar-refractivity contribution is -0.137. The summed E-state index contributed by atoms with van der Waals surface area (Å²) in [5.74, 6) is -0.775. The molecule has 0 aliphatic heterocycles. The SMILES string of the molecule is CCOC(=O)C=Cc1ccc(C(=C(CC)c2ccc(F)cc2Cl)c2ccc3c(cnn3CCO)c2)cc1. The van der Waals surface area contributed by atoms with E-state index in [-0.39, 0.29) is 18.4 Å². The maximum absolute atomic E-state index is 13.9. The van der Waals surface area contributed by atoms with Crippen LogP contribution in [0.1, 0.15) is 42.5 Å². The molecule has 0 aliphatic rings. The lowest BCUT2D eigenvalue weighted by Gasteiger charge is -2.18. The number of allylic oxidation sites excluding steroid dienone is 1. The Bertz CT molecular complexity index is 1470. The van der Waals surface area contributed by atoms with Crippen molar-refractivity contribution in [3.63, 3.8) is 0 Å². The molecule has 0 unspecified atom stereocenters. The molecule has 0 saturated carbocycles. The first-order chi connectivity index (χ1) is 17.9. The highest BCUT2D eigenvalue weighted by atomic mass is 35.5. The van der Waals surface area contributed by atoms with E-state index in [1.807, 2.05) is 43.3 Å². The van der Waals surface area contributed by atoms with Crippen molar-refractivity contribution in [3.8, 4) is 0 Å². The highest BCUT2D eigenvalue weighted by Crippen LogP contribution is 2.38. The van der Waals surface area contributed by atoms with E-state index in [9.17, 15) is 14.3 Å². The zero-order valence-corrected chi connectivity index (χ0v) is 21.5. The number of fused-ring (bicyclic) bond motifs is 1. The molecule has 7 heteroatoms. The van der Waals surface area contributed by atoms with Crippen LogP contribution in [0.4, 0.5) is 4.39 Å². The number of nitrogens with zero attached hydrogens (tertiary/aromatic N) is 2. The van der Waals surface area contributed by atoms with Crippen molar-refractivity contribution in [2.45, 2.75) is 26.8 Å². The number of hydrogen-bond donors (Lipinski definition) is 1. The Balaban J connectivity index is 1.86. The fourth-order valence-corrected chi connectivity index (χ4v) is 4.66. The van der Waals surface area contributed by atoms with E-state index in [1.54, 1.807) is 29.9 Å². The van der Waals surface area contributed by atoms with Crippen LogP contribution < -0.4 is 0 Å². The Hall–Kier alpha value is -3.74. The maximum Gasteiger partial charge on any atom is 0.330 e. The molecule has 0 spiro atoms. The number of esters is 1. The summed E-state index contributed by atoms with van der Waals surface area (Å²) in [6.45, 7) is 4.55. The van der Waals surface area contributed by atoms with Crippen LogP contribution in [0.25, 0.3) is 28.1 Å². The predicted molar refractivity (Wildman–Crippen MR) is 147 cm³/mol. The van der Waals surface area contributed by atoms with Gasteiger partial charge in [-0.2, -0.15) is 5.10 Å². The summed E-state index contributed by atoms with van der Waals surface area (Å²) < 4.78 is 20.6. The van der Waals surface area contributed by atoms with Gasteiger partial charge in [0.1, 0.15) is 5.82 Å². The Morgan fingerprint density at radius 3 is 2.51 bits per heavy atom. The van der Waals surface area contributed by atoms with E-state index >= 15 is 0 Å². The van der Waals surface area contributed by atoms with Gasteiger partial charge in [-0.15, -0.1) is 0 Å². The van der Waals surface area contributed by atoms with Crippen molar-refractivity contribution in [1.29, 1.82) is 0 Å². The molecule has 190 valence electrons. The van der Waals surface area contributed by atoms with Crippen LogP contribution in [0, 0.1) is 5.82 Å². The van der Waals surface area contributed by atoms with Gasteiger partial charge in [0.15, 0.2) is 0 Å². The van der Waals surface area contributed by atoms with Crippen molar-refractivity contribution in [1.82, 2.24) is 9.78 Å². The van der Waals surface area contributed by atoms with Gasteiger partial charge in [0.25, 0.3) is 0 Å². The maximum atomic E-state index is 13.9. The van der Waals surface area contributed by atoms with E-state index in [0.717, 1.165) is 44.3 Å². The smallest absolute Gasteiger partial charge is 0.330 e. The lowest BCUT2D eigenvalue weighted by atomic mass is 9.87. The average Bonchev–Trinajstić information content (AvgIpc) is 3.29. The largest absolute Gasteiger partial charge is 0.463 e. The van der Waals surface area contributed by atoms with Crippen molar-refractivity contribution in [3.05, 3.63) is 106 Å². The van der Waals surface area contributed by atoms with Gasteiger partial charge in [-0.25, -0.2) is 9.18 Å². The van der Waals surface area contributed by atoms with Gasteiger partial charge < -0.3 is 9.84 Å². The zero-order valence-electron chi connectivity index (χ0n) is 20.7. The van der Waals surface area contributed by atoms with Crippen LogP contribution in [-0.2, 0) is 16.1 Å². The third-order valence-corrected chi connectivity index (χ3v) is 6.36. The number of aliphatic hydroxyl groups excluding tert-OH is 1. The highest BCUT2D eigenvalue weighted by molar-refractivity contribution is 6.32. The highest BCUT2D eigenvalue weighted by Gasteiger charge is 2.17. The second kappa shape index (κ2) is 12.0. The molecule has 37 heavy (non-hydrogen) atoms. The third-order valence-electron chi connectivity index (χ3n) is 6.05. The van der Waals surface area contributed by atoms with E-state index in [0.29, 0.717) is 24.6 Å². The van der Waals surface area contributed by atoms with Gasteiger partial charge in [-0.3, -0.25) is 4.68 Å². The first kappa shape index (κ1) is 26.3. The third kappa shape index (κ3) is 5.98. The quantitative estimate of drug-likeness (QED) is 0.151. The number of ether oxygens (including phenoxy) is 1. The van der Waals surface area contributed by atoms with Crippen LogP contribution in [0.15, 0.2) is 72.9 Å². The summed E-state index contributed by atoms with van der Waals surface area (Å²) in [4.78, 5) is 11.7. The summed E-state index contributed by atoms with van der Waals surface area (Å²) in [7, 11) is 0. The molecular formula is C30H28ClFN2O3. The van der Waals surface area contributed by atoms with Gasteiger partial charge >= 0.3 is 5.97 Å². The van der Waals surface area contributed by atoms with Gasteiger partial charge in [-0.05, 0) is 77.1 Å². The lowest BCUT2D eigenvalue weighted by Crippen LogP contribution is -2.03. The normalized spacial score (nSPS) is 12.2. The monoisotopic (exact) mass is 518 g/mol. The van der Waals surface area contributed by atoms with Crippen LogP contribution in [0.3, 0.4) is 0 Å². The molecule has 0 aliphatic carbocycles. The summed E-state index contributed by atoms with van der Waals surface area (Å²) >= 11 is 6.51. The standard InChI is InChI=1S/C30H28ClFN2O3/c1-3-25(26-12-11-24(32)18-27(26)31)30(21-8-5-20(6-9-21)7-14-29(36)37-4-2)22-10-13-28-23(17-22)19-33-34(28)15-16-35/h5-14,17-19,35H,3-4,15-16H2,1-2H3. The van der Waals surface area contributed by atoms with Crippen LogP contribution in [-0.4, -0.2) is 34.1 Å². The molecule has 1 aromatic heterocycles. The number of aliphatic hydroxyl groups is 1. The molecular weight excluding hydrogens is 491 g/mol. The minimum Gasteiger partial charge on any atom is -0.463 e. The van der Waals surface area contributed by atoms with Gasteiger partial charge in [0.05, 0.1) is 36.5 Å². The number of benzene rings is 3. The molecule has 4 rings (SSSR count). The second-order valence-corrected chi connectivity index (χ2v) is 8.81. The second-order valence-electron chi connectivity index (χ2n) is 8.40. The van der Waals surface area contributed by atoms with Gasteiger partial charge in [-0.1, -0.05) is 54.9 Å². The first-order valence-electron chi connectivity index (χ1n) is 12.2. The number of halogens is 2. The molecule has 0 saturated heterocycles. The number of rotatable bonds is 9. The minimum absolute atomic E-state index is 0.00367. The predicted octanol–water partition coefficient (Wildman–Crippen LogP) is 6.77. The van der Waals surface area contributed by atoms with E-state index in [1.165, 1.54) is 18.2 Å². The van der Waals surface area contributed by atoms with Crippen LogP contribution >= 0.6 is 11.6 Å². The fourth-order valence-electron chi connectivity index (χ4n) is 4.38. The Morgan fingerprint density at radius 2 is 1.84 bits per heavy atom. The van der Waals surface area contributed by atoms with Crippen molar-refractivity contribution < 1.29 is 19.0 Å². The summed E-state index contributed by atoms with van der Waals surface area (Å²) in [6.07, 6.45) is 5.56. The molecule has 0 radical (unpaired) electrons. The van der Waals surface area contributed by atoms with Gasteiger partial charge in [0, 0.05) is 11.5 Å². The molecule has 0 fully saturated rings. The molecule has 1 N–H and O–H groups in total. The summed E-state index contributed by atoms with van der Waals surface area (Å²) in [5, 5.41) is 15.0. The Kier molecular flexibility index (Phi) is 8.54. The zero-order chi connectivity index (χ0) is 26.4. The minimum atomic E-state index is -0.388. The number of carbonyl (C=O) groups excluding carboxylic acids is 1. The first-order valence-corrected chi connectivity index (χ1v) is 12.5. The topological polar surface area (TPSA) is 64.3 Å². The molecule has 4 aromatic rings. The Morgan fingerprint density at radius 1 is 1.08 bits per heavy atom. The van der Waals surface area contributed by atoms with E-state index in [2.05, 4.69) is 11.2 Å². The molecule has 0 atom stereocenters. The molecule has 0 bridgehead atoms. The molecule has 5 nitrogen and oxygen atoms in total. The fraction of sp³-hybridized carbons (Fsp3) is 0.200. The van der Waals surface area contributed by atoms with E-state index < -0.39 is 0 Å². The summed E-state index contributed by atoms with van der Waals surface area (Å²) in [6, 6.07) is 18.4. The van der Waals surface area contributed by atoms with Crippen LogP contribution in [0.2, 0.25) is 5.02 Å². The summed E-state index contributed by atoms with van der Waals surface area (Å²) in [5.41, 5.74) is 6.40. The van der Waals surface area contributed by atoms with Crippen LogP contribution in [0.5, 0.6) is 0 Å². The number of hydrogen-bond acceptors (Lipinski definition) is 4. The molecule has 3 aromatic carbocycles. The van der Waals surface area contributed by atoms with Gasteiger partial charge in [0.2, 0.25) is 0 Å². The Labute approximate surface area is 220 Å². The molecule has 1 heterocycles.